The van der Waals surface area contributed by atoms with Crippen molar-refractivity contribution in [3.05, 3.63) is 23.4 Å². The Bertz CT molecular complexity index is 267. The Hall–Kier alpha value is -1.05. The van der Waals surface area contributed by atoms with Crippen LogP contribution in [0.3, 0.4) is 0 Å². The number of rotatable bonds is 2. The molecule has 1 aromatic heterocycles. The Labute approximate surface area is 74.0 Å². The summed E-state index contributed by atoms with van der Waals surface area (Å²) in [6.07, 6.45) is 1.90. The lowest BCUT2D eigenvalue weighted by Crippen LogP contribution is -2.11. The molecule has 0 aliphatic heterocycles. The van der Waals surface area contributed by atoms with Crippen molar-refractivity contribution in [2.45, 2.75) is 33.7 Å². The maximum atomic E-state index is 4.27. The first kappa shape index (κ1) is 9.04. The van der Waals surface area contributed by atoms with Gasteiger partial charge in [0.2, 0.25) is 0 Å². The van der Waals surface area contributed by atoms with Gasteiger partial charge in [-0.1, -0.05) is 0 Å². The van der Waals surface area contributed by atoms with Crippen LogP contribution in [0.25, 0.3) is 0 Å². The maximum Gasteiger partial charge on any atom is 0.126 e. The summed E-state index contributed by atoms with van der Waals surface area (Å²) in [5, 5.41) is 3.26. The Morgan fingerprint density at radius 2 is 1.92 bits per heavy atom. The second-order valence-electron chi connectivity index (χ2n) is 3.45. The quantitative estimate of drug-likeness (QED) is 0.726. The molecule has 0 bridgehead atoms. The Morgan fingerprint density at radius 1 is 1.25 bits per heavy atom. The fraction of sp³-hybridized carbons (Fsp3) is 0.500. The molecule has 2 heteroatoms. The van der Waals surface area contributed by atoms with Crippen LogP contribution >= 0.6 is 0 Å². The number of hydrogen-bond donors (Lipinski definition) is 1. The highest BCUT2D eigenvalue weighted by Crippen LogP contribution is 2.10. The third-order valence-electron chi connectivity index (χ3n) is 1.81. The van der Waals surface area contributed by atoms with Crippen molar-refractivity contribution >= 4 is 5.82 Å². The molecule has 1 rings (SSSR count). The Balaban J connectivity index is 2.82. The summed E-state index contributed by atoms with van der Waals surface area (Å²) in [7, 11) is 0. The van der Waals surface area contributed by atoms with Gasteiger partial charge >= 0.3 is 0 Å². The van der Waals surface area contributed by atoms with Gasteiger partial charge in [0.1, 0.15) is 5.82 Å². The number of anilines is 1. The first-order valence-electron chi connectivity index (χ1n) is 4.29. The van der Waals surface area contributed by atoms with Gasteiger partial charge in [0.25, 0.3) is 0 Å². The van der Waals surface area contributed by atoms with Gasteiger partial charge in [-0.2, -0.15) is 0 Å². The monoisotopic (exact) mass is 164 g/mol. The van der Waals surface area contributed by atoms with Crippen LogP contribution in [0.4, 0.5) is 5.82 Å². The van der Waals surface area contributed by atoms with Crippen molar-refractivity contribution in [2.75, 3.05) is 5.32 Å². The molecule has 1 N–H and O–H groups in total. The van der Waals surface area contributed by atoms with Crippen LogP contribution in [-0.2, 0) is 0 Å². The van der Waals surface area contributed by atoms with Crippen LogP contribution in [-0.4, -0.2) is 11.0 Å². The van der Waals surface area contributed by atoms with Gasteiger partial charge in [-0.05, 0) is 44.9 Å². The zero-order chi connectivity index (χ0) is 9.14. The molecule has 0 atom stereocenters. The van der Waals surface area contributed by atoms with Crippen molar-refractivity contribution < 1.29 is 0 Å². The van der Waals surface area contributed by atoms with Crippen molar-refractivity contribution in [1.82, 2.24) is 4.98 Å². The topological polar surface area (TPSA) is 24.9 Å². The average Bonchev–Trinajstić information content (AvgIpc) is 1.96. The Morgan fingerprint density at radius 3 is 2.42 bits per heavy atom. The van der Waals surface area contributed by atoms with Gasteiger partial charge in [0.15, 0.2) is 0 Å². The molecule has 0 amide bonds. The molecule has 0 aliphatic carbocycles. The molecule has 0 radical (unpaired) electrons. The molecule has 0 spiro atoms. The van der Waals surface area contributed by atoms with E-state index in [1.807, 2.05) is 6.20 Å². The summed E-state index contributed by atoms with van der Waals surface area (Å²) in [5.41, 5.74) is 2.53. The van der Waals surface area contributed by atoms with Crippen LogP contribution in [0, 0.1) is 13.8 Å². The van der Waals surface area contributed by atoms with E-state index in [2.05, 4.69) is 44.1 Å². The summed E-state index contributed by atoms with van der Waals surface area (Å²) in [5.74, 6) is 0.966. The maximum absolute atomic E-state index is 4.27. The van der Waals surface area contributed by atoms with Gasteiger partial charge in [0.05, 0.1) is 0 Å². The van der Waals surface area contributed by atoms with E-state index in [-0.39, 0.29) is 0 Å². The highest BCUT2D eigenvalue weighted by atomic mass is 15.0. The predicted molar refractivity (Wildman–Crippen MR) is 52.5 cm³/mol. The lowest BCUT2D eigenvalue weighted by Gasteiger charge is -2.09. The molecule has 66 valence electrons. The molecule has 0 unspecified atom stereocenters. The summed E-state index contributed by atoms with van der Waals surface area (Å²) in [6, 6.07) is 2.52. The van der Waals surface area contributed by atoms with E-state index in [0.29, 0.717) is 6.04 Å². The molecule has 0 fully saturated rings. The van der Waals surface area contributed by atoms with E-state index in [9.17, 15) is 0 Å². The van der Waals surface area contributed by atoms with Crippen LogP contribution in [0.2, 0.25) is 0 Å². The van der Waals surface area contributed by atoms with E-state index in [1.165, 1.54) is 11.1 Å². The van der Waals surface area contributed by atoms with E-state index < -0.39 is 0 Å². The van der Waals surface area contributed by atoms with E-state index >= 15 is 0 Å². The van der Waals surface area contributed by atoms with Gasteiger partial charge in [-0.15, -0.1) is 0 Å². The lowest BCUT2D eigenvalue weighted by molar-refractivity contribution is 0.887. The van der Waals surface area contributed by atoms with Crippen molar-refractivity contribution in [3.63, 3.8) is 0 Å². The standard InChI is InChI=1S/C10H16N2/c1-7(2)12-10-5-8(3)9(4)6-11-10/h5-7H,1-4H3,(H,11,12). The molecule has 0 saturated carbocycles. The lowest BCUT2D eigenvalue weighted by atomic mass is 10.2. The number of pyridine rings is 1. The Kier molecular flexibility index (Phi) is 2.69. The molecule has 2 nitrogen and oxygen atoms in total. The van der Waals surface area contributed by atoms with Gasteiger partial charge < -0.3 is 5.32 Å². The van der Waals surface area contributed by atoms with E-state index in [1.54, 1.807) is 0 Å². The number of hydrogen-bond acceptors (Lipinski definition) is 2. The number of nitrogens with one attached hydrogen (secondary N) is 1. The number of nitrogens with zero attached hydrogens (tertiary/aromatic N) is 1. The van der Waals surface area contributed by atoms with Crippen LogP contribution in [0.15, 0.2) is 12.3 Å². The van der Waals surface area contributed by atoms with E-state index in [0.717, 1.165) is 5.82 Å². The normalized spacial score (nSPS) is 10.4. The summed E-state index contributed by atoms with van der Waals surface area (Å²) in [6.45, 7) is 8.39. The second kappa shape index (κ2) is 3.57. The fourth-order valence-corrected chi connectivity index (χ4v) is 0.999. The minimum absolute atomic E-state index is 0.444. The van der Waals surface area contributed by atoms with Crippen molar-refractivity contribution in [1.29, 1.82) is 0 Å². The summed E-state index contributed by atoms with van der Waals surface area (Å²) < 4.78 is 0. The number of aryl methyl sites for hydroxylation is 2. The van der Waals surface area contributed by atoms with Crippen molar-refractivity contribution in [3.8, 4) is 0 Å². The number of aromatic nitrogens is 1. The second-order valence-corrected chi connectivity index (χ2v) is 3.45. The van der Waals surface area contributed by atoms with Gasteiger partial charge in [-0.25, -0.2) is 4.98 Å². The molecular weight excluding hydrogens is 148 g/mol. The predicted octanol–water partition coefficient (Wildman–Crippen LogP) is 2.52. The summed E-state index contributed by atoms with van der Waals surface area (Å²) in [4.78, 5) is 4.27. The molecule has 0 aliphatic rings. The average molecular weight is 164 g/mol. The van der Waals surface area contributed by atoms with Gasteiger partial charge in [0, 0.05) is 12.2 Å². The third kappa shape index (κ3) is 2.22. The zero-order valence-corrected chi connectivity index (χ0v) is 8.18. The smallest absolute Gasteiger partial charge is 0.126 e. The fourth-order valence-electron chi connectivity index (χ4n) is 0.999. The molecule has 12 heavy (non-hydrogen) atoms. The minimum Gasteiger partial charge on any atom is -0.368 e. The highest BCUT2D eigenvalue weighted by Gasteiger charge is 1.98. The first-order chi connectivity index (χ1) is 5.59. The molecule has 1 heterocycles. The largest absolute Gasteiger partial charge is 0.368 e. The third-order valence-corrected chi connectivity index (χ3v) is 1.81. The first-order valence-corrected chi connectivity index (χ1v) is 4.29. The van der Waals surface area contributed by atoms with Crippen LogP contribution in [0.5, 0.6) is 0 Å². The SMILES string of the molecule is Cc1cnc(NC(C)C)cc1C. The van der Waals surface area contributed by atoms with Gasteiger partial charge in [-0.3, -0.25) is 0 Å². The molecule has 0 aromatic carbocycles. The molecule has 0 saturated heterocycles. The van der Waals surface area contributed by atoms with E-state index in [4.69, 9.17) is 0 Å². The molecule has 1 aromatic rings. The van der Waals surface area contributed by atoms with Crippen molar-refractivity contribution in [2.24, 2.45) is 0 Å². The van der Waals surface area contributed by atoms with Crippen LogP contribution < -0.4 is 5.32 Å². The summed E-state index contributed by atoms with van der Waals surface area (Å²) >= 11 is 0. The molecular formula is C10H16N2. The highest BCUT2D eigenvalue weighted by molar-refractivity contribution is 5.40. The zero-order valence-electron chi connectivity index (χ0n) is 8.18. The van der Waals surface area contributed by atoms with Crippen LogP contribution in [0.1, 0.15) is 25.0 Å². The minimum atomic E-state index is 0.444.